The number of hydrogen-bond donors (Lipinski definition) is 3. The standard InChI is InChI=1S/C14H15F3N2O.C4H4O4/c1-9-8-19(6-5-18-9)12-3-2-11(14(15,16)17)10-4-7-20-13(10)12;5-3(6)1-2-4(7)8/h2-4,7,9,18H,5-6,8H2,1H3;1-2H,(H,5,6)(H,7,8)/b;2-1+/t9-;/m0./s1. The molecule has 1 aromatic heterocycles. The summed E-state index contributed by atoms with van der Waals surface area (Å²) in [5, 5.41) is 19.1. The van der Waals surface area contributed by atoms with Crippen LogP contribution in [-0.4, -0.2) is 47.8 Å². The SMILES string of the molecule is C[C@H]1CN(c2ccc(C(F)(F)F)c3ccoc23)CCN1.O=C(O)/C=C/C(=O)O. The molecule has 28 heavy (non-hydrogen) atoms. The molecule has 1 aromatic carbocycles. The van der Waals surface area contributed by atoms with E-state index in [4.69, 9.17) is 14.6 Å². The Hall–Kier alpha value is -3.01. The van der Waals surface area contributed by atoms with E-state index in [2.05, 4.69) is 17.1 Å². The molecule has 0 aliphatic carbocycles. The van der Waals surface area contributed by atoms with Gasteiger partial charge in [-0.1, -0.05) is 0 Å². The van der Waals surface area contributed by atoms with E-state index < -0.39 is 23.7 Å². The van der Waals surface area contributed by atoms with Crippen molar-refractivity contribution in [3.63, 3.8) is 0 Å². The molecule has 2 heterocycles. The maximum Gasteiger partial charge on any atom is 0.417 e. The van der Waals surface area contributed by atoms with E-state index in [0.29, 0.717) is 23.8 Å². The fraction of sp³-hybridized carbons (Fsp3) is 0.333. The van der Waals surface area contributed by atoms with Crippen molar-refractivity contribution < 1.29 is 37.4 Å². The van der Waals surface area contributed by atoms with Gasteiger partial charge < -0.3 is 24.8 Å². The van der Waals surface area contributed by atoms with Gasteiger partial charge in [0.05, 0.1) is 17.5 Å². The zero-order valence-electron chi connectivity index (χ0n) is 14.9. The highest BCUT2D eigenvalue weighted by atomic mass is 19.4. The Kier molecular flexibility index (Phi) is 6.68. The molecule has 1 aliphatic rings. The van der Waals surface area contributed by atoms with Crippen LogP contribution in [0, 0.1) is 0 Å². The van der Waals surface area contributed by atoms with Gasteiger partial charge in [0.2, 0.25) is 0 Å². The molecule has 0 radical (unpaired) electrons. The number of nitrogens with zero attached hydrogens (tertiary/aromatic N) is 1. The van der Waals surface area contributed by atoms with Crippen LogP contribution in [0.5, 0.6) is 0 Å². The zero-order chi connectivity index (χ0) is 20.9. The maximum atomic E-state index is 13.0. The van der Waals surface area contributed by atoms with Gasteiger partial charge in [-0.3, -0.25) is 0 Å². The van der Waals surface area contributed by atoms with Gasteiger partial charge in [0.15, 0.2) is 5.58 Å². The van der Waals surface area contributed by atoms with Crippen molar-refractivity contribution in [1.82, 2.24) is 5.32 Å². The number of alkyl halides is 3. The second-order valence-electron chi connectivity index (χ2n) is 6.10. The molecule has 2 aromatic rings. The third-order valence-electron chi connectivity index (χ3n) is 3.98. The van der Waals surface area contributed by atoms with Gasteiger partial charge in [-0.15, -0.1) is 0 Å². The van der Waals surface area contributed by atoms with E-state index in [-0.39, 0.29) is 5.39 Å². The summed E-state index contributed by atoms with van der Waals surface area (Å²) < 4.78 is 44.2. The number of rotatable bonds is 3. The average Bonchev–Trinajstić information content (AvgIpc) is 3.08. The Morgan fingerprint density at radius 3 is 2.39 bits per heavy atom. The predicted molar refractivity (Wildman–Crippen MR) is 95.3 cm³/mol. The lowest BCUT2D eigenvalue weighted by atomic mass is 10.1. The monoisotopic (exact) mass is 400 g/mol. The maximum absolute atomic E-state index is 13.0. The van der Waals surface area contributed by atoms with Gasteiger partial charge in [0.1, 0.15) is 0 Å². The lowest BCUT2D eigenvalue weighted by molar-refractivity contribution is -0.136. The summed E-state index contributed by atoms with van der Waals surface area (Å²) in [5.74, 6) is -2.51. The molecule has 1 aliphatic heterocycles. The molecule has 0 saturated carbocycles. The number of fused-ring (bicyclic) bond motifs is 1. The summed E-state index contributed by atoms with van der Waals surface area (Å²) in [6, 6.07) is 4.33. The van der Waals surface area contributed by atoms with Gasteiger partial charge in [0, 0.05) is 43.2 Å². The molecule has 7 nitrogen and oxygen atoms in total. The molecular formula is C18H19F3N2O5. The van der Waals surface area contributed by atoms with Crippen molar-refractivity contribution in [2.24, 2.45) is 0 Å². The van der Waals surface area contributed by atoms with E-state index in [0.717, 1.165) is 31.4 Å². The Balaban J connectivity index is 0.000000300. The lowest BCUT2D eigenvalue weighted by Gasteiger charge is -2.33. The van der Waals surface area contributed by atoms with E-state index >= 15 is 0 Å². The number of halogens is 3. The lowest BCUT2D eigenvalue weighted by Crippen LogP contribution is -2.49. The molecule has 3 rings (SSSR count). The Labute approximate surface area is 158 Å². The fourth-order valence-corrected chi connectivity index (χ4v) is 2.84. The minimum atomic E-state index is -4.36. The summed E-state index contributed by atoms with van der Waals surface area (Å²) in [5.41, 5.74) is 0.397. The van der Waals surface area contributed by atoms with Crippen LogP contribution in [-0.2, 0) is 15.8 Å². The highest BCUT2D eigenvalue weighted by Crippen LogP contribution is 2.39. The van der Waals surface area contributed by atoms with Crippen molar-refractivity contribution in [3.8, 4) is 0 Å². The number of carboxylic acids is 2. The molecule has 0 bridgehead atoms. The van der Waals surface area contributed by atoms with Gasteiger partial charge >= 0.3 is 18.1 Å². The minimum Gasteiger partial charge on any atom is -0.478 e. The predicted octanol–water partition coefficient (Wildman–Crippen LogP) is 2.96. The summed E-state index contributed by atoms with van der Waals surface area (Å²) in [4.78, 5) is 21.2. The van der Waals surface area contributed by atoms with E-state index in [1.807, 2.05) is 0 Å². The number of carboxylic acid groups (broad SMARTS) is 2. The quantitative estimate of drug-likeness (QED) is 0.681. The smallest absolute Gasteiger partial charge is 0.417 e. The molecule has 1 atom stereocenters. The van der Waals surface area contributed by atoms with Crippen LogP contribution >= 0.6 is 0 Å². The number of anilines is 1. The Bertz CT molecular complexity index is 860. The van der Waals surface area contributed by atoms with E-state index in [1.165, 1.54) is 18.4 Å². The molecule has 10 heteroatoms. The third-order valence-corrected chi connectivity index (χ3v) is 3.98. The summed E-state index contributed by atoms with van der Waals surface area (Å²) >= 11 is 0. The van der Waals surface area contributed by atoms with Crippen molar-refractivity contribution >= 4 is 28.6 Å². The van der Waals surface area contributed by atoms with Crippen LogP contribution in [0.2, 0.25) is 0 Å². The van der Waals surface area contributed by atoms with Crippen molar-refractivity contribution in [2.75, 3.05) is 24.5 Å². The van der Waals surface area contributed by atoms with Crippen LogP contribution in [0.15, 0.2) is 41.0 Å². The van der Waals surface area contributed by atoms with Gasteiger partial charge in [-0.2, -0.15) is 13.2 Å². The first kappa shape index (κ1) is 21.3. The second-order valence-corrected chi connectivity index (χ2v) is 6.10. The number of benzene rings is 1. The van der Waals surface area contributed by atoms with Crippen LogP contribution in [0.4, 0.5) is 18.9 Å². The number of aliphatic carboxylic acids is 2. The van der Waals surface area contributed by atoms with Crippen molar-refractivity contribution in [1.29, 1.82) is 0 Å². The van der Waals surface area contributed by atoms with Crippen LogP contribution < -0.4 is 10.2 Å². The highest BCUT2D eigenvalue weighted by molar-refractivity contribution is 5.92. The van der Waals surface area contributed by atoms with Crippen molar-refractivity contribution in [2.45, 2.75) is 19.1 Å². The van der Waals surface area contributed by atoms with Crippen LogP contribution in [0.3, 0.4) is 0 Å². The molecule has 3 N–H and O–H groups in total. The second kappa shape index (κ2) is 8.79. The van der Waals surface area contributed by atoms with Gasteiger partial charge in [-0.25, -0.2) is 9.59 Å². The average molecular weight is 400 g/mol. The Morgan fingerprint density at radius 1 is 1.21 bits per heavy atom. The molecule has 0 unspecified atom stereocenters. The molecular weight excluding hydrogens is 381 g/mol. The Morgan fingerprint density at radius 2 is 1.86 bits per heavy atom. The van der Waals surface area contributed by atoms with Gasteiger partial charge in [0.25, 0.3) is 0 Å². The van der Waals surface area contributed by atoms with E-state index in [9.17, 15) is 22.8 Å². The number of nitrogens with one attached hydrogen (secondary N) is 1. The normalized spacial score (nSPS) is 17.4. The molecule has 1 fully saturated rings. The zero-order valence-corrected chi connectivity index (χ0v) is 14.9. The number of hydrogen-bond acceptors (Lipinski definition) is 5. The number of carbonyl (C=O) groups is 2. The van der Waals surface area contributed by atoms with Crippen LogP contribution in [0.1, 0.15) is 12.5 Å². The topological polar surface area (TPSA) is 103 Å². The first-order chi connectivity index (χ1) is 13.1. The summed E-state index contributed by atoms with van der Waals surface area (Å²) in [6.45, 7) is 4.37. The largest absolute Gasteiger partial charge is 0.478 e. The third kappa shape index (κ3) is 5.49. The van der Waals surface area contributed by atoms with Crippen molar-refractivity contribution in [3.05, 3.63) is 42.2 Å². The van der Waals surface area contributed by atoms with Crippen LogP contribution in [0.25, 0.3) is 11.0 Å². The highest BCUT2D eigenvalue weighted by Gasteiger charge is 2.34. The molecule has 0 amide bonds. The molecule has 152 valence electrons. The van der Waals surface area contributed by atoms with E-state index in [1.54, 1.807) is 0 Å². The summed E-state index contributed by atoms with van der Waals surface area (Å²) in [6.07, 6.45) is -1.93. The van der Waals surface area contributed by atoms with Gasteiger partial charge in [-0.05, 0) is 25.1 Å². The number of piperazine rings is 1. The summed E-state index contributed by atoms with van der Waals surface area (Å²) in [7, 11) is 0. The minimum absolute atomic E-state index is 0.126. The number of furan rings is 1. The first-order valence-corrected chi connectivity index (χ1v) is 8.29. The first-order valence-electron chi connectivity index (χ1n) is 8.29. The molecule has 1 saturated heterocycles. The molecule has 0 spiro atoms. The fourth-order valence-electron chi connectivity index (χ4n) is 2.84.